The number of hydrogen-bond donors (Lipinski definition) is 1. The van der Waals surface area contributed by atoms with Gasteiger partial charge in [0.05, 0.1) is 27.2 Å². The predicted octanol–water partition coefficient (Wildman–Crippen LogP) is 7.14. The van der Waals surface area contributed by atoms with Gasteiger partial charge in [-0.1, -0.05) is 43.2 Å². The number of aromatic nitrogens is 1. The van der Waals surface area contributed by atoms with E-state index in [0.717, 1.165) is 71.6 Å². The molecular weight excluding hydrogens is 444 g/mol. The zero-order chi connectivity index (χ0) is 22.3. The number of azo groups is 1. The van der Waals surface area contributed by atoms with Crippen molar-refractivity contribution < 1.29 is 14.6 Å². The first-order chi connectivity index (χ1) is 15.4. The molecule has 2 aliphatic rings. The van der Waals surface area contributed by atoms with Gasteiger partial charge in [-0.15, -0.1) is 14.6 Å². The van der Waals surface area contributed by atoms with Crippen molar-refractivity contribution in [2.75, 3.05) is 18.0 Å². The molecular formula is C23H26N4O3S2. The summed E-state index contributed by atoms with van der Waals surface area (Å²) in [5.41, 5.74) is 6.80. The molecule has 9 heteroatoms. The highest BCUT2D eigenvalue weighted by Crippen LogP contribution is 2.46. The summed E-state index contributed by atoms with van der Waals surface area (Å²) in [6.45, 7) is 8.76. The lowest BCUT2D eigenvalue weighted by atomic mass is 9.87. The Hall–Kier alpha value is -2.04. The molecule has 0 saturated heterocycles. The van der Waals surface area contributed by atoms with Gasteiger partial charge in [0.15, 0.2) is 0 Å². The molecule has 3 aromatic rings. The molecule has 3 heterocycles. The molecule has 1 aromatic heterocycles. The third-order valence-corrected chi connectivity index (χ3v) is 7.74. The fourth-order valence-electron chi connectivity index (χ4n) is 4.55. The van der Waals surface area contributed by atoms with Crippen molar-refractivity contribution in [2.24, 2.45) is 10.2 Å². The average Bonchev–Trinajstić information content (AvgIpc) is 3.19. The summed E-state index contributed by atoms with van der Waals surface area (Å²) in [6, 6.07) is 8.46. The smallest absolute Gasteiger partial charge is 0.231 e. The van der Waals surface area contributed by atoms with Crippen LogP contribution in [-0.2, 0) is 27.6 Å². The van der Waals surface area contributed by atoms with Gasteiger partial charge in [-0.3, -0.25) is 0 Å². The van der Waals surface area contributed by atoms with Gasteiger partial charge >= 0.3 is 0 Å². The van der Waals surface area contributed by atoms with Gasteiger partial charge < -0.3 is 4.90 Å². The van der Waals surface area contributed by atoms with E-state index in [1.54, 1.807) is 0 Å². The highest BCUT2D eigenvalue weighted by atomic mass is 32.2. The van der Waals surface area contributed by atoms with Crippen molar-refractivity contribution in [1.29, 1.82) is 0 Å². The Morgan fingerprint density at radius 3 is 2.72 bits per heavy atom. The van der Waals surface area contributed by atoms with Crippen LogP contribution in [0.1, 0.15) is 50.3 Å². The van der Waals surface area contributed by atoms with Gasteiger partial charge in [0.2, 0.25) is 5.13 Å². The van der Waals surface area contributed by atoms with Crippen LogP contribution >= 0.6 is 23.4 Å². The molecule has 0 bridgehead atoms. The molecule has 0 saturated carbocycles. The Balaban J connectivity index is 1.53. The fourth-order valence-corrected chi connectivity index (χ4v) is 5.96. The molecule has 2 aromatic carbocycles. The maximum absolute atomic E-state index is 8.74. The summed E-state index contributed by atoms with van der Waals surface area (Å²) in [4.78, 5) is 7.93. The molecule has 5 rings (SSSR count). The highest BCUT2D eigenvalue weighted by Gasteiger charge is 2.28. The molecule has 1 N–H and O–H groups in total. The normalized spacial score (nSPS) is 16.2. The molecule has 0 atom stereocenters. The third-order valence-electron chi connectivity index (χ3n) is 6.09. The SMILES string of the molecule is CC(C)(C)c1ccc2nc(N=Nc3cc4c5c(c3SOOO)CCCN5CCC4)sc2c1. The number of nitrogens with zero attached hydrogens (tertiary/aromatic N) is 4. The maximum Gasteiger partial charge on any atom is 0.231 e. The first kappa shape index (κ1) is 21.8. The zero-order valence-electron chi connectivity index (χ0n) is 18.4. The summed E-state index contributed by atoms with van der Waals surface area (Å²) in [7, 11) is 0. The number of aryl methyl sites for hydroxylation is 1. The van der Waals surface area contributed by atoms with Gasteiger partial charge in [-0.05, 0) is 66.0 Å². The molecule has 0 spiro atoms. The number of anilines is 1. The van der Waals surface area contributed by atoms with Crippen molar-refractivity contribution in [3.05, 3.63) is 41.0 Å². The van der Waals surface area contributed by atoms with Crippen LogP contribution in [0.2, 0.25) is 0 Å². The van der Waals surface area contributed by atoms with Crippen LogP contribution in [0, 0.1) is 0 Å². The van der Waals surface area contributed by atoms with Crippen molar-refractivity contribution >= 4 is 50.1 Å². The quantitative estimate of drug-likeness (QED) is 0.185. The number of hydrogen-bond acceptors (Lipinski definition) is 9. The minimum atomic E-state index is 0.0825. The number of thiazole rings is 1. The lowest BCUT2D eigenvalue weighted by molar-refractivity contribution is -0.432. The van der Waals surface area contributed by atoms with Gasteiger partial charge in [0.25, 0.3) is 0 Å². The number of benzene rings is 2. The van der Waals surface area contributed by atoms with E-state index in [9.17, 15) is 0 Å². The van der Waals surface area contributed by atoms with E-state index in [2.05, 4.69) is 70.2 Å². The topological polar surface area (TPSA) is 79.5 Å². The monoisotopic (exact) mass is 470 g/mol. The van der Waals surface area contributed by atoms with E-state index in [1.807, 2.05) is 0 Å². The van der Waals surface area contributed by atoms with E-state index in [1.165, 1.54) is 33.7 Å². The van der Waals surface area contributed by atoms with Crippen LogP contribution in [0.5, 0.6) is 0 Å². The van der Waals surface area contributed by atoms with Crippen LogP contribution in [-0.4, -0.2) is 23.3 Å². The van der Waals surface area contributed by atoms with Crippen LogP contribution in [0.15, 0.2) is 39.4 Å². The second-order valence-corrected chi connectivity index (χ2v) is 11.0. The summed E-state index contributed by atoms with van der Waals surface area (Å²) in [5.74, 6) is 0. The van der Waals surface area contributed by atoms with E-state index >= 15 is 0 Å². The zero-order valence-corrected chi connectivity index (χ0v) is 20.1. The van der Waals surface area contributed by atoms with Crippen LogP contribution < -0.4 is 4.90 Å². The Morgan fingerprint density at radius 2 is 1.94 bits per heavy atom. The second-order valence-electron chi connectivity index (χ2n) is 9.26. The van der Waals surface area contributed by atoms with E-state index in [4.69, 9.17) is 9.59 Å². The third kappa shape index (κ3) is 4.15. The standard InChI is InChI=1S/C23H26N4O3S2/c1-23(2,3)15-8-9-17-19(13-15)31-22(24-17)26-25-18-12-14-6-4-10-27-11-5-7-16(20(14)27)21(18)32-30-29-28/h8-9,12-13,28H,4-7,10-11H2,1-3H3. The molecule has 7 nitrogen and oxygen atoms in total. The van der Waals surface area contributed by atoms with Gasteiger partial charge in [0.1, 0.15) is 5.69 Å². The average molecular weight is 471 g/mol. The highest BCUT2D eigenvalue weighted by molar-refractivity contribution is 7.94. The predicted molar refractivity (Wildman–Crippen MR) is 128 cm³/mol. The summed E-state index contributed by atoms with van der Waals surface area (Å²) < 4.78 is 5.94. The van der Waals surface area contributed by atoms with Gasteiger partial charge in [-0.2, -0.15) is 0 Å². The van der Waals surface area contributed by atoms with Crippen molar-refractivity contribution in [3.63, 3.8) is 0 Å². The van der Waals surface area contributed by atoms with Crippen molar-refractivity contribution in [1.82, 2.24) is 4.98 Å². The molecule has 0 fully saturated rings. The fraction of sp³-hybridized carbons (Fsp3) is 0.435. The van der Waals surface area contributed by atoms with Gasteiger partial charge in [0, 0.05) is 18.8 Å². The molecule has 0 radical (unpaired) electrons. The van der Waals surface area contributed by atoms with E-state index < -0.39 is 0 Å². The Kier molecular flexibility index (Phi) is 5.94. The maximum atomic E-state index is 8.74. The van der Waals surface area contributed by atoms with Crippen LogP contribution in [0.25, 0.3) is 10.2 Å². The Morgan fingerprint density at radius 1 is 1.12 bits per heavy atom. The van der Waals surface area contributed by atoms with Crippen molar-refractivity contribution in [2.45, 2.75) is 56.8 Å². The Bertz CT molecular complexity index is 1180. The van der Waals surface area contributed by atoms with Crippen molar-refractivity contribution in [3.8, 4) is 0 Å². The molecule has 0 amide bonds. The molecule has 2 aliphatic heterocycles. The van der Waals surface area contributed by atoms with E-state index in [0.29, 0.717) is 5.13 Å². The Labute approximate surface area is 195 Å². The molecule has 32 heavy (non-hydrogen) atoms. The van der Waals surface area contributed by atoms with E-state index in [-0.39, 0.29) is 5.41 Å². The largest absolute Gasteiger partial charge is 0.371 e. The number of fused-ring (bicyclic) bond motifs is 1. The summed E-state index contributed by atoms with van der Waals surface area (Å²) in [5, 5.41) is 22.3. The minimum absolute atomic E-state index is 0.0825. The second kappa shape index (κ2) is 8.72. The molecule has 0 unspecified atom stereocenters. The lowest BCUT2D eigenvalue weighted by Crippen LogP contribution is -2.34. The molecule has 0 aliphatic carbocycles. The summed E-state index contributed by atoms with van der Waals surface area (Å²) >= 11 is 2.52. The molecule has 168 valence electrons. The van der Waals surface area contributed by atoms with Crippen LogP contribution in [0.4, 0.5) is 16.5 Å². The first-order valence-corrected chi connectivity index (χ1v) is 12.4. The first-order valence-electron chi connectivity index (χ1n) is 10.9. The van der Waals surface area contributed by atoms with Crippen LogP contribution in [0.3, 0.4) is 0 Å². The summed E-state index contributed by atoms with van der Waals surface area (Å²) in [6.07, 6.45) is 4.19. The lowest BCUT2D eigenvalue weighted by Gasteiger charge is -2.37. The van der Waals surface area contributed by atoms with Gasteiger partial charge in [-0.25, -0.2) is 10.2 Å². The minimum Gasteiger partial charge on any atom is -0.371 e. The number of rotatable bonds is 5.